The third-order valence-electron chi connectivity index (χ3n) is 5.11. The van der Waals surface area contributed by atoms with Crippen LogP contribution in [0.25, 0.3) is 0 Å². The normalized spacial score (nSPS) is 25.8. The van der Waals surface area contributed by atoms with Crippen molar-refractivity contribution in [3.63, 3.8) is 0 Å². The summed E-state index contributed by atoms with van der Waals surface area (Å²) in [4.78, 5) is 12.2. The average molecular weight is 266 g/mol. The zero-order chi connectivity index (χ0) is 13.7. The Bertz CT molecular complexity index is 289. The third-order valence-corrected chi connectivity index (χ3v) is 5.11. The number of carbonyl (C=O) groups is 1. The van der Waals surface area contributed by atoms with Gasteiger partial charge in [0.1, 0.15) is 0 Å². The van der Waals surface area contributed by atoms with Gasteiger partial charge in [0.05, 0.1) is 0 Å². The number of amides is 1. The van der Waals surface area contributed by atoms with Crippen molar-refractivity contribution >= 4 is 5.91 Å². The molecule has 2 rings (SSSR count). The summed E-state index contributed by atoms with van der Waals surface area (Å²) in [5, 5.41) is 3.21. The Morgan fingerprint density at radius 1 is 1.16 bits per heavy atom. The fraction of sp³-hybridized carbons (Fsp3) is 0.938. The maximum Gasteiger partial charge on any atom is 0.222 e. The molecule has 0 heterocycles. The van der Waals surface area contributed by atoms with E-state index in [1.807, 2.05) is 0 Å². The van der Waals surface area contributed by atoms with Gasteiger partial charge in [-0.15, -0.1) is 0 Å². The zero-order valence-corrected chi connectivity index (χ0v) is 12.4. The molecule has 1 atom stereocenters. The third kappa shape index (κ3) is 4.48. The largest absolute Gasteiger partial charge is 0.353 e. The van der Waals surface area contributed by atoms with Crippen LogP contribution in [0.1, 0.15) is 77.6 Å². The fourth-order valence-corrected chi connectivity index (χ4v) is 3.81. The van der Waals surface area contributed by atoms with E-state index in [-0.39, 0.29) is 11.4 Å². The van der Waals surface area contributed by atoms with Gasteiger partial charge in [-0.25, -0.2) is 0 Å². The topological polar surface area (TPSA) is 55.1 Å². The average Bonchev–Trinajstić information content (AvgIpc) is 2.64. The summed E-state index contributed by atoms with van der Waals surface area (Å²) in [6.07, 6.45) is 12.8. The molecule has 0 bridgehead atoms. The van der Waals surface area contributed by atoms with Crippen LogP contribution in [0.5, 0.6) is 0 Å². The summed E-state index contributed by atoms with van der Waals surface area (Å²) < 4.78 is 0. The van der Waals surface area contributed by atoms with E-state index in [0.717, 1.165) is 12.8 Å². The molecule has 2 aliphatic rings. The molecule has 3 nitrogen and oxygen atoms in total. The number of hydrogen-bond acceptors (Lipinski definition) is 2. The molecule has 1 amide bonds. The van der Waals surface area contributed by atoms with Crippen molar-refractivity contribution in [1.29, 1.82) is 0 Å². The first-order valence-electron chi connectivity index (χ1n) is 8.17. The SMILES string of the molecule is C[C@@H](NC(=O)CC1(N)CCCC1)C1CCCCCC1. The Morgan fingerprint density at radius 2 is 1.74 bits per heavy atom. The smallest absolute Gasteiger partial charge is 0.222 e. The number of hydrogen-bond donors (Lipinski definition) is 2. The Morgan fingerprint density at radius 3 is 2.32 bits per heavy atom. The number of rotatable bonds is 4. The lowest BCUT2D eigenvalue weighted by Gasteiger charge is -2.27. The van der Waals surface area contributed by atoms with Gasteiger partial charge in [-0.1, -0.05) is 38.5 Å². The quantitative estimate of drug-likeness (QED) is 0.768. The van der Waals surface area contributed by atoms with E-state index in [1.54, 1.807) is 0 Å². The van der Waals surface area contributed by atoms with E-state index in [0.29, 0.717) is 18.4 Å². The molecule has 0 unspecified atom stereocenters. The molecule has 0 aliphatic heterocycles. The first-order valence-corrected chi connectivity index (χ1v) is 8.17. The second kappa shape index (κ2) is 6.74. The van der Waals surface area contributed by atoms with E-state index in [9.17, 15) is 4.79 Å². The summed E-state index contributed by atoms with van der Waals surface area (Å²) in [7, 11) is 0. The van der Waals surface area contributed by atoms with Crippen LogP contribution in [0.3, 0.4) is 0 Å². The summed E-state index contributed by atoms with van der Waals surface area (Å²) in [5.41, 5.74) is 6.06. The van der Waals surface area contributed by atoms with Crippen LogP contribution in [-0.4, -0.2) is 17.5 Å². The first kappa shape index (κ1) is 14.8. The van der Waals surface area contributed by atoms with Crippen molar-refractivity contribution < 1.29 is 4.79 Å². The fourth-order valence-electron chi connectivity index (χ4n) is 3.81. The van der Waals surface area contributed by atoms with Crippen LogP contribution in [0.15, 0.2) is 0 Å². The number of carbonyl (C=O) groups excluding carboxylic acids is 1. The van der Waals surface area contributed by atoms with Crippen LogP contribution in [0.4, 0.5) is 0 Å². The Hall–Kier alpha value is -0.570. The minimum absolute atomic E-state index is 0.168. The predicted molar refractivity (Wildman–Crippen MR) is 78.8 cm³/mol. The molecule has 0 radical (unpaired) electrons. The van der Waals surface area contributed by atoms with Crippen molar-refractivity contribution in [2.75, 3.05) is 0 Å². The first-order chi connectivity index (χ1) is 9.09. The molecular weight excluding hydrogens is 236 g/mol. The van der Waals surface area contributed by atoms with E-state index in [2.05, 4.69) is 12.2 Å². The van der Waals surface area contributed by atoms with Crippen molar-refractivity contribution in [2.45, 2.75) is 89.1 Å². The maximum absolute atomic E-state index is 12.2. The summed E-state index contributed by atoms with van der Waals surface area (Å²) in [5.74, 6) is 0.838. The van der Waals surface area contributed by atoms with E-state index >= 15 is 0 Å². The standard InChI is InChI=1S/C16H30N2O/c1-13(14-8-4-2-3-5-9-14)18-15(19)12-16(17)10-6-7-11-16/h13-14H,2-12,17H2,1H3,(H,18,19)/t13-/m1/s1. The van der Waals surface area contributed by atoms with Crippen LogP contribution in [0, 0.1) is 5.92 Å². The maximum atomic E-state index is 12.2. The molecule has 3 N–H and O–H groups in total. The number of nitrogens with one attached hydrogen (secondary N) is 1. The second-order valence-corrected chi connectivity index (χ2v) is 6.85. The van der Waals surface area contributed by atoms with Gasteiger partial charge in [0, 0.05) is 18.0 Å². The molecular formula is C16H30N2O. The minimum atomic E-state index is -0.215. The van der Waals surface area contributed by atoms with Crippen molar-refractivity contribution in [3.05, 3.63) is 0 Å². The molecule has 110 valence electrons. The van der Waals surface area contributed by atoms with Crippen LogP contribution in [-0.2, 0) is 4.79 Å². The highest BCUT2D eigenvalue weighted by molar-refractivity contribution is 5.77. The van der Waals surface area contributed by atoms with Gasteiger partial charge in [0.15, 0.2) is 0 Å². The molecule has 19 heavy (non-hydrogen) atoms. The summed E-state index contributed by atoms with van der Waals surface area (Å²) >= 11 is 0. The molecule has 0 aromatic rings. The van der Waals surface area contributed by atoms with Gasteiger partial charge < -0.3 is 11.1 Å². The molecule has 2 fully saturated rings. The highest BCUT2D eigenvalue weighted by Gasteiger charge is 2.32. The minimum Gasteiger partial charge on any atom is -0.353 e. The molecule has 2 saturated carbocycles. The van der Waals surface area contributed by atoms with E-state index in [4.69, 9.17) is 5.73 Å². The van der Waals surface area contributed by atoms with Gasteiger partial charge in [-0.3, -0.25) is 4.79 Å². The lowest BCUT2D eigenvalue weighted by Crippen LogP contribution is -2.45. The van der Waals surface area contributed by atoms with E-state index < -0.39 is 0 Å². The van der Waals surface area contributed by atoms with E-state index in [1.165, 1.54) is 51.4 Å². The molecule has 0 aromatic carbocycles. The summed E-state index contributed by atoms with van der Waals surface area (Å²) in [6, 6.07) is 0.315. The van der Waals surface area contributed by atoms with Gasteiger partial charge >= 0.3 is 0 Å². The van der Waals surface area contributed by atoms with Gasteiger partial charge in [0.25, 0.3) is 0 Å². The lowest BCUT2D eigenvalue weighted by atomic mass is 9.91. The van der Waals surface area contributed by atoms with Crippen molar-refractivity contribution in [3.8, 4) is 0 Å². The molecule has 0 aromatic heterocycles. The zero-order valence-electron chi connectivity index (χ0n) is 12.4. The summed E-state index contributed by atoms with van der Waals surface area (Å²) in [6.45, 7) is 2.17. The second-order valence-electron chi connectivity index (χ2n) is 6.85. The Balaban J connectivity index is 1.77. The monoisotopic (exact) mass is 266 g/mol. The van der Waals surface area contributed by atoms with Gasteiger partial charge in [0.2, 0.25) is 5.91 Å². The molecule has 3 heteroatoms. The van der Waals surface area contributed by atoms with Crippen LogP contribution < -0.4 is 11.1 Å². The van der Waals surface area contributed by atoms with Crippen LogP contribution in [0.2, 0.25) is 0 Å². The molecule has 2 aliphatic carbocycles. The van der Waals surface area contributed by atoms with Gasteiger partial charge in [-0.2, -0.15) is 0 Å². The van der Waals surface area contributed by atoms with Gasteiger partial charge in [-0.05, 0) is 38.5 Å². The van der Waals surface area contributed by atoms with Crippen LogP contribution >= 0.6 is 0 Å². The highest BCUT2D eigenvalue weighted by Crippen LogP contribution is 2.30. The molecule has 0 spiro atoms. The Kier molecular flexibility index (Phi) is 5.26. The predicted octanol–water partition coefficient (Wildman–Crippen LogP) is 3.12. The van der Waals surface area contributed by atoms with Crippen molar-refractivity contribution in [2.24, 2.45) is 11.7 Å². The van der Waals surface area contributed by atoms with Crippen molar-refractivity contribution in [1.82, 2.24) is 5.32 Å². The number of nitrogens with two attached hydrogens (primary N) is 1. The molecule has 0 saturated heterocycles. The Labute approximate surface area is 117 Å². The highest BCUT2D eigenvalue weighted by atomic mass is 16.1. The lowest BCUT2D eigenvalue weighted by molar-refractivity contribution is -0.123.